The maximum absolute atomic E-state index is 5.49. The highest BCUT2D eigenvalue weighted by atomic mass is 79.9. The lowest BCUT2D eigenvalue weighted by Crippen LogP contribution is -2.00. The second-order valence-corrected chi connectivity index (χ2v) is 3.94. The van der Waals surface area contributed by atoms with Crippen LogP contribution in [0.1, 0.15) is 32.0 Å². The maximum Gasteiger partial charge on any atom is 0.217 e. The van der Waals surface area contributed by atoms with Crippen LogP contribution in [-0.2, 0) is 0 Å². The van der Waals surface area contributed by atoms with Crippen molar-refractivity contribution in [3.05, 3.63) is 16.5 Å². The van der Waals surface area contributed by atoms with E-state index < -0.39 is 0 Å². The molecule has 0 N–H and O–H groups in total. The third kappa shape index (κ3) is 4.05. The van der Waals surface area contributed by atoms with Crippen LogP contribution in [0, 0.1) is 6.92 Å². The molecule has 0 fully saturated rings. The van der Waals surface area contributed by atoms with E-state index in [-0.39, 0.29) is 0 Å². The van der Waals surface area contributed by atoms with Gasteiger partial charge in [-0.3, -0.25) is 0 Å². The van der Waals surface area contributed by atoms with Crippen LogP contribution in [0.3, 0.4) is 0 Å². The van der Waals surface area contributed by atoms with Crippen molar-refractivity contribution in [2.45, 2.75) is 33.1 Å². The van der Waals surface area contributed by atoms with Crippen LogP contribution in [0.2, 0.25) is 0 Å². The number of unbranched alkanes of at least 4 members (excludes halogenated alkanes) is 2. The number of aryl methyl sites for hydroxylation is 1. The van der Waals surface area contributed by atoms with Crippen molar-refractivity contribution >= 4 is 15.9 Å². The van der Waals surface area contributed by atoms with Crippen molar-refractivity contribution in [2.24, 2.45) is 0 Å². The van der Waals surface area contributed by atoms with E-state index in [0.717, 1.165) is 23.5 Å². The highest BCUT2D eigenvalue weighted by Crippen LogP contribution is 2.14. The van der Waals surface area contributed by atoms with Crippen molar-refractivity contribution < 1.29 is 4.74 Å². The number of nitrogens with zero attached hydrogens (tertiary/aromatic N) is 2. The predicted molar refractivity (Wildman–Crippen MR) is 59.5 cm³/mol. The molecule has 0 aromatic carbocycles. The first-order valence-electron chi connectivity index (χ1n) is 4.86. The normalized spacial score (nSPS) is 10.2. The topological polar surface area (TPSA) is 35.0 Å². The third-order valence-electron chi connectivity index (χ3n) is 1.78. The summed E-state index contributed by atoms with van der Waals surface area (Å²) in [7, 11) is 0. The molecule has 0 amide bonds. The average Bonchev–Trinajstić information content (AvgIpc) is 2.11. The number of ether oxygens (including phenoxy) is 1. The van der Waals surface area contributed by atoms with Crippen LogP contribution in [-0.4, -0.2) is 16.6 Å². The molecule has 1 rings (SSSR count). The molecule has 4 heteroatoms. The summed E-state index contributed by atoms with van der Waals surface area (Å²) in [5, 5.41) is 0. The zero-order valence-electron chi connectivity index (χ0n) is 8.59. The zero-order valence-corrected chi connectivity index (χ0v) is 10.2. The Kier molecular flexibility index (Phi) is 4.87. The van der Waals surface area contributed by atoms with Gasteiger partial charge in [-0.1, -0.05) is 19.8 Å². The SMILES string of the molecule is CCCCCOc1cc(Br)nc(C)n1. The molecule has 0 aliphatic rings. The third-order valence-corrected chi connectivity index (χ3v) is 2.19. The monoisotopic (exact) mass is 258 g/mol. The van der Waals surface area contributed by atoms with Gasteiger partial charge in [0.05, 0.1) is 6.61 Å². The highest BCUT2D eigenvalue weighted by molar-refractivity contribution is 9.10. The molecule has 78 valence electrons. The molecule has 1 aromatic heterocycles. The molecule has 0 atom stereocenters. The van der Waals surface area contributed by atoms with Gasteiger partial charge in [0.15, 0.2) is 0 Å². The van der Waals surface area contributed by atoms with E-state index in [1.165, 1.54) is 12.8 Å². The Labute approximate surface area is 93.0 Å². The van der Waals surface area contributed by atoms with Gasteiger partial charge in [-0.15, -0.1) is 0 Å². The Bertz CT molecular complexity index is 271. The fourth-order valence-corrected chi connectivity index (χ4v) is 1.56. The highest BCUT2D eigenvalue weighted by Gasteiger charge is 1.99. The average molecular weight is 259 g/mol. The summed E-state index contributed by atoms with van der Waals surface area (Å²) in [4.78, 5) is 8.27. The summed E-state index contributed by atoms with van der Waals surface area (Å²) >= 11 is 3.30. The molecule has 1 heterocycles. The second-order valence-electron chi connectivity index (χ2n) is 3.13. The lowest BCUT2D eigenvalue weighted by molar-refractivity contribution is 0.293. The van der Waals surface area contributed by atoms with Gasteiger partial charge in [0, 0.05) is 6.07 Å². The van der Waals surface area contributed by atoms with E-state index in [4.69, 9.17) is 4.74 Å². The Hall–Kier alpha value is -0.640. The molecule has 14 heavy (non-hydrogen) atoms. The predicted octanol–water partition coefficient (Wildman–Crippen LogP) is 3.12. The minimum atomic E-state index is 0.653. The smallest absolute Gasteiger partial charge is 0.217 e. The molecule has 0 aliphatic heterocycles. The Morgan fingerprint density at radius 2 is 2.14 bits per heavy atom. The maximum atomic E-state index is 5.49. The van der Waals surface area contributed by atoms with Crippen LogP contribution in [0.4, 0.5) is 0 Å². The van der Waals surface area contributed by atoms with Crippen molar-refractivity contribution in [1.82, 2.24) is 9.97 Å². The number of aromatic nitrogens is 2. The molecule has 0 spiro atoms. The number of hydrogen-bond donors (Lipinski definition) is 0. The molecule has 0 bridgehead atoms. The molecule has 3 nitrogen and oxygen atoms in total. The minimum Gasteiger partial charge on any atom is -0.478 e. The van der Waals surface area contributed by atoms with Crippen LogP contribution in [0.15, 0.2) is 10.7 Å². The van der Waals surface area contributed by atoms with Gasteiger partial charge in [0.2, 0.25) is 5.88 Å². The zero-order chi connectivity index (χ0) is 10.4. The standard InChI is InChI=1S/C10H15BrN2O/c1-3-4-5-6-14-10-7-9(11)12-8(2)13-10/h7H,3-6H2,1-2H3. The number of rotatable bonds is 5. The molecular weight excluding hydrogens is 244 g/mol. The van der Waals surface area contributed by atoms with E-state index in [1.807, 2.05) is 6.92 Å². The number of halogens is 1. The Balaban J connectivity index is 2.42. The van der Waals surface area contributed by atoms with E-state index in [2.05, 4.69) is 32.8 Å². The molecule has 0 saturated carbocycles. The van der Waals surface area contributed by atoms with Crippen LogP contribution in [0.25, 0.3) is 0 Å². The summed E-state index contributed by atoms with van der Waals surface area (Å²) < 4.78 is 6.26. The van der Waals surface area contributed by atoms with Crippen molar-refractivity contribution in [2.75, 3.05) is 6.61 Å². The summed E-state index contributed by atoms with van der Waals surface area (Å²) in [5.41, 5.74) is 0. The Morgan fingerprint density at radius 1 is 1.36 bits per heavy atom. The molecule has 0 unspecified atom stereocenters. The van der Waals surface area contributed by atoms with Gasteiger partial charge in [-0.2, -0.15) is 4.98 Å². The summed E-state index contributed by atoms with van der Waals surface area (Å²) in [6, 6.07) is 1.79. The second kappa shape index (κ2) is 5.96. The molecule has 0 radical (unpaired) electrons. The quantitative estimate of drug-likeness (QED) is 0.602. The van der Waals surface area contributed by atoms with Crippen LogP contribution >= 0.6 is 15.9 Å². The largest absolute Gasteiger partial charge is 0.478 e. The first-order chi connectivity index (χ1) is 6.72. The molecule has 0 aliphatic carbocycles. The van der Waals surface area contributed by atoms with E-state index in [1.54, 1.807) is 6.07 Å². The van der Waals surface area contributed by atoms with Gasteiger partial charge in [-0.05, 0) is 29.3 Å². The van der Waals surface area contributed by atoms with Crippen LogP contribution < -0.4 is 4.74 Å². The van der Waals surface area contributed by atoms with E-state index in [9.17, 15) is 0 Å². The number of hydrogen-bond acceptors (Lipinski definition) is 3. The van der Waals surface area contributed by atoms with Crippen molar-refractivity contribution in [3.8, 4) is 5.88 Å². The van der Waals surface area contributed by atoms with Gasteiger partial charge < -0.3 is 4.74 Å². The minimum absolute atomic E-state index is 0.653. The van der Waals surface area contributed by atoms with Crippen molar-refractivity contribution in [3.63, 3.8) is 0 Å². The van der Waals surface area contributed by atoms with Crippen molar-refractivity contribution in [1.29, 1.82) is 0 Å². The van der Waals surface area contributed by atoms with Gasteiger partial charge >= 0.3 is 0 Å². The van der Waals surface area contributed by atoms with Crippen LogP contribution in [0.5, 0.6) is 5.88 Å². The first kappa shape index (κ1) is 11.4. The first-order valence-corrected chi connectivity index (χ1v) is 5.65. The summed E-state index contributed by atoms with van der Waals surface area (Å²) in [6.45, 7) is 4.76. The summed E-state index contributed by atoms with van der Waals surface area (Å²) in [6.07, 6.45) is 3.48. The van der Waals surface area contributed by atoms with E-state index in [0.29, 0.717) is 5.88 Å². The Morgan fingerprint density at radius 3 is 2.79 bits per heavy atom. The van der Waals surface area contributed by atoms with E-state index >= 15 is 0 Å². The molecule has 1 aromatic rings. The summed E-state index contributed by atoms with van der Waals surface area (Å²) in [5.74, 6) is 1.38. The lowest BCUT2D eigenvalue weighted by atomic mass is 10.3. The van der Waals surface area contributed by atoms with Gasteiger partial charge in [0.1, 0.15) is 10.4 Å². The van der Waals surface area contributed by atoms with Gasteiger partial charge in [-0.25, -0.2) is 4.98 Å². The fraction of sp³-hybridized carbons (Fsp3) is 0.600. The lowest BCUT2D eigenvalue weighted by Gasteiger charge is -2.05. The molecule has 0 saturated heterocycles. The van der Waals surface area contributed by atoms with Gasteiger partial charge in [0.25, 0.3) is 0 Å². The molecular formula is C10H15BrN2O. The fourth-order valence-electron chi connectivity index (χ4n) is 1.11.